The Balaban J connectivity index is 1.02. The zero-order valence-electron chi connectivity index (χ0n) is 35.3. The highest BCUT2D eigenvalue weighted by Gasteiger charge is 2.45. The number of rotatable bonds is 17. The van der Waals surface area contributed by atoms with E-state index in [0.29, 0.717) is 17.2 Å². The third-order valence-corrected chi connectivity index (χ3v) is 14.7. The van der Waals surface area contributed by atoms with Crippen LogP contribution in [0.15, 0.2) is 67.4 Å². The second-order valence-corrected chi connectivity index (χ2v) is 19.0. The summed E-state index contributed by atoms with van der Waals surface area (Å²) >= 11 is 1.50. The molecule has 2 aliphatic carbocycles. The molecule has 2 bridgehead atoms. The van der Waals surface area contributed by atoms with Crippen molar-refractivity contribution in [1.29, 1.82) is 0 Å². The molecule has 3 aromatic heterocycles. The van der Waals surface area contributed by atoms with Gasteiger partial charge < -0.3 is 10.2 Å². The summed E-state index contributed by atoms with van der Waals surface area (Å²) in [5.41, 5.74) is 9.21. The van der Waals surface area contributed by atoms with Crippen LogP contribution in [-0.4, -0.2) is 38.7 Å². The predicted octanol–water partition coefficient (Wildman–Crippen LogP) is 11.8. The van der Waals surface area contributed by atoms with Gasteiger partial charge in [0.1, 0.15) is 5.82 Å². The van der Waals surface area contributed by atoms with Crippen LogP contribution < -0.4 is 15.5 Å². The molecule has 2 N–H and O–H groups in total. The lowest BCUT2D eigenvalue weighted by Crippen LogP contribution is -2.35. The number of aromatic nitrogens is 4. The van der Waals surface area contributed by atoms with Crippen molar-refractivity contribution in [3.8, 4) is 11.1 Å². The van der Waals surface area contributed by atoms with Crippen LogP contribution >= 0.6 is 11.3 Å². The Hall–Kier alpha value is -4.50. The minimum atomic E-state index is -0.128. The van der Waals surface area contributed by atoms with Crippen molar-refractivity contribution in [3.63, 3.8) is 0 Å². The lowest BCUT2D eigenvalue weighted by molar-refractivity contribution is 0.0804. The van der Waals surface area contributed by atoms with Crippen LogP contribution in [0.3, 0.4) is 0 Å². The Morgan fingerprint density at radius 3 is 2.47 bits per heavy atom. The molecule has 0 saturated heterocycles. The molecule has 3 aliphatic rings. The van der Waals surface area contributed by atoms with Crippen LogP contribution in [0, 0.1) is 30.1 Å². The normalized spacial score (nSPS) is 21.3. The number of para-hydroxylation sites is 1. The van der Waals surface area contributed by atoms with E-state index in [-0.39, 0.29) is 11.3 Å². The molecular weight excluding hydrogens is 735 g/mol. The molecular formula is C49H63N7OS. The van der Waals surface area contributed by atoms with Gasteiger partial charge in [-0.15, -0.1) is 0 Å². The summed E-state index contributed by atoms with van der Waals surface area (Å²) in [6.45, 7) is 17.3. The van der Waals surface area contributed by atoms with Gasteiger partial charge in [-0.25, -0.2) is 9.97 Å². The van der Waals surface area contributed by atoms with Gasteiger partial charge >= 0.3 is 0 Å². The molecule has 58 heavy (non-hydrogen) atoms. The maximum absolute atomic E-state index is 13.8. The van der Waals surface area contributed by atoms with Crippen molar-refractivity contribution in [1.82, 2.24) is 25.1 Å². The Morgan fingerprint density at radius 2 is 1.69 bits per heavy atom. The highest BCUT2D eigenvalue weighted by molar-refractivity contribution is 7.22. The Morgan fingerprint density at radius 1 is 0.931 bits per heavy atom. The number of thiazole rings is 1. The van der Waals surface area contributed by atoms with Crippen LogP contribution in [0.5, 0.6) is 0 Å². The van der Waals surface area contributed by atoms with Crippen molar-refractivity contribution in [2.24, 2.45) is 23.2 Å². The highest BCUT2D eigenvalue weighted by atomic mass is 32.1. The first-order valence-corrected chi connectivity index (χ1v) is 23.0. The minimum absolute atomic E-state index is 0.128. The number of hydrogen-bond donors (Lipinski definition) is 2. The van der Waals surface area contributed by atoms with Gasteiger partial charge in [0.25, 0.3) is 5.91 Å². The topological polar surface area (TPSA) is 88.0 Å². The lowest BCUT2D eigenvalue weighted by atomic mass is 9.66. The number of fused-ring (bicyclic) bond motifs is 4. The van der Waals surface area contributed by atoms with Gasteiger partial charge in [-0.05, 0) is 110 Å². The van der Waals surface area contributed by atoms with E-state index in [1.807, 2.05) is 36.4 Å². The maximum Gasteiger partial charge on any atom is 0.257 e. The molecule has 1 amide bonds. The molecule has 2 unspecified atom stereocenters. The molecule has 2 fully saturated rings. The first-order valence-electron chi connectivity index (χ1n) is 22.2. The zero-order valence-corrected chi connectivity index (χ0v) is 36.1. The fraction of sp³-hybridized carbons (Fsp3) is 0.510. The second kappa shape index (κ2) is 17.8. The lowest BCUT2D eigenvalue weighted by Gasteiger charge is -2.41. The molecule has 0 spiro atoms. The van der Waals surface area contributed by atoms with Crippen molar-refractivity contribution < 1.29 is 4.79 Å². The predicted molar refractivity (Wildman–Crippen MR) is 241 cm³/mol. The van der Waals surface area contributed by atoms with Crippen LogP contribution in [0.4, 0.5) is 10.9 Å². The maximum atomic E-state index is 13.8. The zero-order chi connectivity index (χ0) is 40.2. The molecule has 2 saturated carbocycles. The molecule has 2 atom stereocenters. The van der Waals surface area contributed by atoms with Crippen molar-refractivity contribution >= 4 is 44.1 Å². The van der Waals surface area contributed by atoms with E-state index in [0.717, 1.165) is 94.3 Å². The molecule has 8 rings (SSSR count). The summed E-state index contributed by atoms with van der Waals surface area (Å²) in [5, 5.41) is 12.4. The average Bonchev–Trinajstić information content (AvgIpc) is 3.87. The molecule has 2 aromatic carbocycles. The van der Waals surface area contributed by atoms with Crippen molar-refractivity contribution in [3.05, 3.63) is 95.5 Å². The number of hydrogen-bond acceptors (Lipinski definition) is 7. The van der Waals surface area contributed by atoms with E-state index < -0.39 is 0 Å². The summed E-state index contributed by atoms with van der Waals surface area (Å²) < 4.78 is 3.32. The molecule has 4 heterocycles. The quantitative estimate of drug-likeness (QED) is 0.0911. The van der Waals surface area contributed by atoms with Gasteiger partial charge in [-0.1, -0.05) is 108 Å². The van der Waals surface area contributed by atoms with Gasteiger partial charge in [0.2, 0.25) is 0 Å². The van der Waals surface area contributed by atoms with E-state index in [2.05, 4.69) is 83.9 Å². The number of carbonyl (C=O) groups excluding carboxylic acids is 1. The number of nitrogens with one attached hydrogen (secondary N) is 2. The van der Waals surface area contributed by atoms with E-state index in [1.165, 1.54) is 93.2 Å². The van der Waals surface area contributed by atoms with Gasteiger partial charge in [-0.3, -0.25) is 14.8 Å². The Labute approximate surface area is 350 Å². The summed E-state index contributed by atoms with van der Waals surface area (Å²) in [6, 6.07) is 18.4. The molecule has 9 heteroatoms. The summed E-state index contributed by atoms with van der Waals surface area (Å²) in [6.07, 6.45) is 18.5. The van der Waals surface area contributed by atoms with Gasteiger partial charge in [0.05, 0.1) is 27.8 Å². The summed E-state index contributed by atoms with van der Waals surface area (Å²) in [7, 11) is 0. The molecule has 306 valence electrons. The Kier molecular flexibility index (Phi) is 12.3. The van der Waals surface area contributed by atoms with Crippen LogP contribution in [0.2, 0.25) is 0 Å². The Bertz CT molecular complexity index is 2190. The van der Waals surface area contributed by atoms with Crippen molar-refractivity contribution in [2.75, 3.05) is 23.3 Å². The number of benzene rings is 2. The number of carbonyl (C=O) groups is 1. The number of amides is 1. The molecule has 0 radical (unpaired) electrons. The van der Waals surface area contributed by atoms with Crippen LogP contribution in [-0.2, 0) is 19.5 Å². The van der Waals surface area contributed by atoms with Gasteiger partial charge in [-0.2, -0.15) is 5.10 Å². The third-order valence-electron chi connectivity index (χ3n) is 13.7. The minimum Gasteiger partial charge on any atom is -0.384 e. The van der Waals surface area contributed by atoms with E-state index in [1.54, 1.807) is 0 Å². The number of pyridine rings is 1. The first kappa shape index (κ1) is 40.3. The monoisotopic (exact) mass is 797 g/mol. The number of nitrogens with zero attached hydrogens (tertiary/aromatic N) is 5. The standard InChI is InChI=1S/C49H63N7OS/c1-6-7-8-9-10-11-12-15-26-50-34(3)46-39(41-30-51-56(35(41)4)32-49(5)28-37-21-22-38(29-49)33(37)2)23-24-45(53-46)55-27-25-36-17-16-18-40(42(36)31-55)47(57)54-48-52-43-19-13-14-20-44(43)58-48/h13-14,16-20,23-24,30,33,37-38,50H,3,6-12,15,21-22,25-29,31-32H2,1-2,4-5H3,(H,52,54,57). The largest absolute Gasteiger partial charge is 0.384 e. The van der Waals surface area contributed by atoms with Crippen molar-refractivity contribution in [2.45, 2.75) is 124 Å². The smallest absolute Gasteiger partial charge is 0.257 e. The number of unbranched alkanes of at least 4 members (excludes halogenated alkanes) is 7. The summed E-state index contributed by atoms with van der Waals surface area (Å²) in [5.74, 6) is 3.33. The van der Waals surface area contributed by atoms with E-state index in [9.17, 15) is 4.79 Å². The highest BCUT2D eigenvalue weighted by Crippen LogP contribution is 2.54. The van der Waals surface area contributed by atoms with Gasteiger partial charge in [0, 0.05) is 48.6 Å². The number of anilines is 2. The van der Waals surface area contributed by atoms with Gasteiger partial charge in [0.15, 0.2) is 5.13 Å². The SMILES string of the molecule is C=C(NCCCCCCCCCC)c1nc(N2CCc3cccc(C(=O)Nc4nc5ccccc5s4)c3C2)ccc1-c1cnn(CC2(C)CC3CCC(C2)C3C)c1C. The fourth-order valence-corrected chi connectivity index (χ4v) is 11.2. The van der Waals surface area contributed by atoms with Crippen LogP contribution in [0.1, 0.15) is 131 Å². The average molecular weight is 798 g/mol. The summed E-state index contributed by atoms with van der Waals surface area (Å²) in [4.78, 5) is 26.2. The third kappa shape index (κ3) is 8.75. The molecule has 1 aliphatic heterocycles. The molecule has 8 nitrogen and oxygen atoms in total. The van der Waals surface area contributed by atoms with Crippen LogP contribution in [0.25, 0.3) is 27.0 Å². The van der Waals surface area contributed by atoms with E-state index in [4.69, 9.17) is 10.1 Å². The fourth-order valence-electron chi connectivity index (χ4n) is 10.4. The second-order valence-electron chi connectivity index (χ2n) is 18.0. The molecule has 5 aromatic rings. The first-order chi connectivity index (χ1) is 28.2. The van der Waals surface area contributed by atoms with E-state index >= 15 is 0 Å².